The number of hydrogen-bond acceptors (Lipinski definition) is 7. The molecule has 0 spiro atoms. The summed E-state index contributed by atoms with van der Waals surface area (Å²) in [6.45, 7) is 1.52. The number of halogens is 1. The number of nitrogens with zero attached hydrogens (tertiary/aromatic N) is 3. The highest BCUT2D eigenvalue weighted by Gasteiger charge is 2.43. The lowest BCUT2D eigenvalue weighted by molar-refractivity contribution is 0.0121. The van der Waals surface area contributed by atoms with E-state index in [1.54, 1.807) is 27.4 Å². The first-order valence-corrected chi connectivity index (χ1v) is 9.60. The number of hydrogen-bond donors (Lipinski definition) is 0. The van der Waals surface area contributed by atoms with Crippen LogP contribution in [0.3, 0.4) is 0 Å². The van der Waals surface area contributed by atoms with Gasteiger partial charge in [0.1, 0.15) is 5.75 Å². The Morgan fingerprint density at radius 2 is 1.86 bits per heavy atom. The Bertz CT molecular complexity index is 839. The molecule has 1 unspecified atom stereocenters. The maximum atomic E-state index is 15.7. The molecule has 0 N–H and O–H groups in total. The predicted octanol–water partition coefficient (Wildman–Crippen LogP) is 3.43. The van der Waals surface area contributed by atoms with Crippen molar-refractivity contribution in [2.45, 2.75) is 43.8 Å². The normalized spacial score (nSPS) is 22.9. The lowest BCUT2D eigenvalue weighted by atomic mass is 9.94. The molecule has 152 valence electrons. The lowest BCUT2D eigenvalue weighted by Crippen LogP contribution is -2.43. The number of aromatic nitrogens is 2. The fourth-order valence-electron chi connectivity index (χ4n) is 3.79. The summed E-state index contributed by atoms with van der Waals surface area (Å²) in [5.74, 6) is 3.00. The molecule has 1 aliphatic carbocycles. The second kappa shape index (κ2) is 7.58. The molecule has 8 heteroatoms. The molecule has 2 heterocycles. The highest BCUT2D eigenvalue weighted by Crippen LogP contribution is 2.41. The molecule has 1 aliphatic heterocycles. The van der Waals surface area contributed by atoms with E-state index < -0.39 is 5.67 Å². The van der Waals surface area contributed by atoms with E-state index in [0.29, 0.717) is 48.4 Å². The van der Waals surface area contributed by atoms with Gasteiger partial charge < -0.3 is 18.7 Å². The Hall–Kier alpha value is -2.35. The van der Waals surface area contributed by atoms with Gasteiger partial charge in [0.15, 0.2) is 17.3 Å². The van der Waals surface area contributed by atoms with Gasteiger partial charge in [-0.25, -0.2) is 4.39 Å². The van der Waals surface area contributed by atoms with E-state index in [0.717, 1.165) is 24.9 Å². The fraction of sp³-hybridized carbons (Fsp3) is 0.600. The standard InChI is InChI=1S/C20H26FN3O4/c1-25-15-10-17(27-3)16(26-2)9-14(15)11-24-8-4-7-20(21,12-24)19-22-18(23-28-19)13-5-6-13/h9-10,13H,4-8,11-12H2,1-3H3. The zero-order valence-corrected chi connectivity index (χ0v) is 16.5. The van der Waals surface area contributed by atoms with E-state index in [1.807, 2.05) is 11.0 Å². The van der Waals surface area contributed by atoms with Gasteiger partial charge in [0.05, 0.1) is 21.3 Å². The minimum atomic E-state index is -1.62. The molecule has 2 fully saturated rings. The first-order chi connectivity index (χ1) is 13.6. The van der Waals surface area contributed by atoms with Gasteiger partial charge in [0, 0.05) is 30.6 Å². The highest BCUT2D eigenvalue weighted by molar-refractivity contribution is 5.50. The van der Waals surface area contributed by atoms with Crippen LogP contribution < -0.4 is 14.2 Å². The van der Waals surface area contributed by atoms with Crippen molar-refractivity contribution in [3.63, 3.8) is 0 Å². The van der Waals surface area contributed by atoms with E-state index in [2.05, 4.69) is 10.1 Å². The Morgan fingerprint density at radius 3 is 2.54 bits per heavy atom. The largest absolute Gasteiger partial charge is 0.496 e. The van der Waals surface area contributed by atoms with Crippen molar-refractivity contribution in [1.29, 1.82) is 0 Å². The van der Waals surface area contributed by atoms with E-state index in [4.69, 9.17) is 18.7 Å². The van der Waals surface area contributed by atoms with Crippen molar-refractivity contribution in [2.24, 2.45) is 0 Å². The van der Waals surface area contributed by atoms with Gasteiger partial charge in [-0.1, -0.05) is 5.16 Å². The zero-order chi connectivity index (χ0) is 19.7. The third-order valence-corrected chi connectivity index (χ3v) is 5.47. The number of likely N-dealkylation sites (tertiary alicyclic amines) is 1. The zero-order valence-electron chi connectivity index (χ0n) is 16.5. The van der Waals surface area contributed by atoms with Gasteiger partial charge in [0.2, 0.25) is 5.67 Å². The number of benzene rings is 1. The van der Waals surface area contributed by atoms with Crippen LogP contribution in [0.5, 0.6) is 17.2 Å². The molecule has 1 atom stereocenters. The molecule has 1 aromatic heterocycles. The Labute approximate surface area is 163 Å². The molecule has 0 amide bonds. The van der Waals surface area contributed by atoms with Crippen LogP contribution in [-0.4, -0.2) is 49.5 Å². The van der Waals surface area contributed by atoms with Gasteiger partial charge >= 0.3 is 0 Å². The third-order valence-electron chi connectivity index (χ3n) is 5.47. The summed E-state index contributed by atoms with van der Waals surface area (Å²) in [6, 6.07) is 3.67. The number of piperidine rings is 1. The van der Waals surface area contributed by atoms with Crippen LogP contribution in [0, 0.1) is 0 Å². The molecule has 2 aliphatic rings. The summed E-state index contributed by atoms with van der Waals surface area (Å²) in [6.07, 6.45) is 3.22. The number of rotatable bonds is 7. The summed E-state index contributed by atoms with van der Waals surface area (Å²) < 4.78 is 37.2. The van der Waals surface area contributed by atoms with Crippen LogP contribution in [0.1, 0.15) is 48.9 Å². The smallest absolute Gasteiger partial charge is 0.265 e. The molecule has 2 aromatic rings. The van der Waals surface area contributed by atoms with Gasteiger partial charge in [-0.3, -0.25) is 4.90 Å². The Kier molecular flexibility index (Phi) is 5.14. The molecular weight excluding hydrogens is 365 g/mol. The SMILES string of the molecule is COc1cc(OC)c(OC)cc1CN1CCCC(F)(c2nc(C3CC3)no2)C1. The van der Waals surface area contributed by atoms with Crippen LogP contribution in [0.25, 0.3) is 0 Å². The number of alkyl halides is 1. The van der Waals surface area contributed by atoms with Crippen LogP contribution in [0.2, 0.25) is 0 Å². The van der Waals surface area contributed by atoms with E-state index in [1.165, 1.54) is 0 Å². The summed E-state index contributed by atoms with van der Waals surface area (Å²) in [5.41, 5.74) is -0.712. The van der Waals surface area contributed by atoms with Crippen molar-refractivity contribution < 1.29 is 23.1 Å². The molecule has 1 saturated heterocycles. The first-order valence-electron chi connectivity index (χ1n) is 9.60. The average Bonchev–Trinajstić information content (AvgIpc) is 3.43. The molecule has 0 bridgehead atoms. The molecule has 28 heavy (non-hydrogen) atoms. The van der Waals surface area contributed by atoms with Gasteiger partial charge in [-0.2, -0.15) is 4.98 Å². The van der Waals surface area contributed by atoms with Gasteiger partial charge in [0.25, 0.3) is 5.89 Å². The maximum absolute atomic E-state index is 15.7. The maximum Gasteiger partial charge on any atom is 0.265 e. The summed E-state index contributed by atoms with van der Waals surface area (Å²) in [7, 11) is 4.78. The molecular formula is C20H26FN3O4. The Morgan fingerprint density at radius 1 is 1.14 bits per heavy atom. The average molecular weight is 391 g/mol. The number of ether oxygens (including phenoxy) is 3. The van der Waals surface area contributed by atoms with E-state index in [9.17, 15) is 0 Å². The third kappa shape index (κ3) is 3.65. The second-order valence-electron chi connectivity index (χ2n) is 7.53. The monoisotopic (exact) mass is 391 g/mol. The topological polar surface area (TPSA) is 69.8 Å². The van der Waals surface area contributed by atoms with Gasteiger partial charge in [-0.05, 0) is 38.3 Å². The summed E-state index contributed by atoms with van der Waals surface area (Å²) in [4.78, 5) is 6.40. The molecule has 4 rings (SSSR count). The van der Waals surface area contributed by atoms with E-state index >= 15 is 4.39 Å². The molecule has 7 nitrogen and oxygen atoms in total. The highest BCUT2D eigenvalue weighted by atomic mass is 19.1. The van der Waals surface area contributed by atoms with Crippen molar-refractivity contribution in [2.75, 3.05) is 34.4 Å². The van der Waals surface area contributed by atoms with E-state index in [-0.39, 0.29) is 12.4 Å². The van der Waals surface area contributed by atoms with Crippen molar-refractivity contribution in [1.82, 2.24) is 15.0 Å². The quantitative estimate of drug-likeness (QED) is 0.716. The van der Waals surface area contributed by atoms with Crippen molar-refractivity contribution >= 4 is 0 Å². The molecule has 1 saturated carbocycles. The fourth-order valence-corrected chi connectivity index (χ4v) is 3.79. The minimum Gasteiger partial charge on any atom is -0.496 e. The van der Waals surface area contributed by atoms with Gasteiger partial charge in [-0.15, -0.1) is 0 Å². The molecule has 1 aromatic carbocycles. The van der Waals surface area contributed by atoms with Crippen LogP contribution in [-0.2, 0) is 12.2 Å². The van der Waals surface area contributed by atoms with Crippen molar-refractivity contribution in [3.8, 4) is 17.2 Å². The van der Waals surface area contributed by atoms with Crippen LogP contribution in [0.15, 0.2) is 16.7 Å². The Balaban J connectivity index is 1.53. The minimum absolute atomic E-state index is 0.110. The summed E-state index contributed by atoms with van der Waals surface area (Å²) >= 11 is 0. The second-order valence-corrected chi connectivity index (χ2v) is 7.53. The summed E-state index contributed by atoms with van der Waals surface area (Å²) in [5, 5.41) is 3.98. The molecule has 0 radical (unpaired) electrons. The predicted molar refractivity (Wildman–Crippen MR) is 99.7 cm³/mol. The number of methoxy groups -OCH3 is 3. The van der Waals surface area contributed by atoms with Crippen molar-refractivity contribution in [3.05, 3.63) is 29.4 Å². The first kappa shape index (κ1) is 19.0. The van der Waals surface area contributed by atoms with Crippen LogP contribution >= 0.6 is 0 Å². The van der Waals surface area contributed by atoms with Crippen LogP contribution in [0.4, 0.5) is 4.39 Å². The lowest BCUT2D eigenvalue weighted by Gasteiger charge is -2.35.